The molecule has 35 heavy (non-hydrogen) atoms. The first-order chi connectivity index (χ1) is 17.0. The van der Waals surface area contributed by atoms with Crippen LogP contribution in [0.3, 0.4) is 0 Å². The van der Waals surface area contributed by atoms with Gasteiger partial charge in [0.25, 0.3) is 0 Å². The van der Waals surface area contributed by atoms with Gasteiger partial charge in [-0.3, -0.25) is 9.69 Å². The third kappa shape index (κ3) is 7.96. The molecule has 2 aliphatic heterocycles. The van der Waals surface area contributed by atoms with Gasteiger partial charge >= 0.3 is 0 Å². The summed E-state index contributed by atoms with van der Waals surface area (Å²) in [5, 5.41) is 4.17. The van der Waals surface area contributed by atoms with Gasteiger partial charge in [-0.05, 0) is 93.1 Å². The molecule has 0 radical (unpaired) electrons. The summed E-state index contributed by atoms with van der Waals surface area (Å²) in [7, 11) is 0. The van der Waals surface area contributed by atoms with Gasteiger partial charge in [0.2, 0.25) is 5.91 Å². The molecule has 7 heteroatoms. The summed E-state index contributed by atoms with van der Waals surface area (Å²) in [5.74, 6) is 1.93. The van der Waals surface area contributed by atoms with E-state index >= 15 is 0 Å². The number of amidine groups is 1. The van der Waals surface area contributed by atoms with Crippen molar-refractivity contribution < 1.29 is 4.79 Å². The number of hydrogen-bond acceptors (Lipinski definition) is 3. The first-order valence-electron chi connectivity index (χ1n) is 12.8. The molecule has 188 valence electrons. The van der Waals surface area contributed by atoms with E-state index in [1.807, 2.05) is 30.3 Å². The molecule has 0 aromatic heterocycles. The lowest BCUT2D eigenvalue weighted by atomic mass is 9.99. The second kappa shape index (κ2) is 12.8. The molecule has 0 aliphatic carbocycles. The smallest absolute Gasteiger partial charge is 0.224 e. The highest BCUT2D eigenvalue weighted by Gasteiger charge is 2.22. The van der Waals surface area contributed by atoms with Crippen LogP contribution in [0.4, 0.5) is 11.4 Å². The molecule has 0 spiro atoms. The summed E-state index contributed by atoms with van der Waals surface area (Å²) in [4.78, 5) is 22.6. The van der Waals surface area contributed by atoms with Crippen LogP contribution in [0.5, 0.6) is 0 Å². The summed E-state index contributed by atoms with van der Waals surface area (Å²) in [6, 6.07) is 13.2. The molecule has 2 saturated heterocycles. The minimum atomic E-state index is -0.0412. The van der Waals surface area contributed by atoms with Crippen LogP contribution in [0.15, 0.2) is 47.5 Å². The molecule has 2 fully saturated rings. The molecule has 1 N–H and O–H groups in total. The van der Waals surface area contributed by atoms with Crippen LogP contribution >= 0.6 is 23.2 Å². The number of nitrogens with one attached hydrogen (secondary N) is 1. The van der Waals surface area contributed by atoms with Gasteiger partial charge < -0.3 is 10.2 Å². The van der Waals surface area contributed by atoms with Crippen molar-refractivity contribution in [2.45, 2.75) is 51.9 Å². The predicted molar refractivity (Wildman–Crippen MR) is 147 cm³/mol. The van der Waals surface area contributed by atoms with E-state index in [4.69, 9.17) is 28.2 Å². The number of nitrogens with zero attached hydrogens (tertiary/aromatic N) is 3. The average molecular weight is 516 g/mol. The number of rotatable bonds is 7. The largest absolute Gasteiger partial charge is 0.359 e. The molecule has 2 aliphatic rings. The number of carbonyl (C=O) groups excluding carboxylic acids is 1. The normalized spacial score (nSPS) is 18.0. The van der Waals surface area contributed by atoms with E-state index < -0.39 is 0 Å². The van der Waals surface area contributed by atoms with Gasteiger partial charge in [0.1, 0.15) is 5.84 Å². The van der Waals surface area contributed by atoms with Gasteiger partial charge in [-0.15, -0.1) is 0 Å². The molecule has 2 heterocycles. The molecule has 2 aromatic rings. The van der Waals surface area contributed by atoms with Crippen molar-refractivity contribution in [2.24, 2.45) is 10.9 Å². The van der Waals surface area contributed by atoms with E-state index in [9.17, 15) is 4.79 Å². The summed E-state index contributed by atoms with van der Waals surface area (Å²) in [5.41, 5.74) is 2.63. The van der Waals surface area contributed by atoms with E-state index in [0.29, 0.717) is 22.9 Å². The van der Waals surface area contributed by atoms with Crippen molar-refractivity contribution in [1.29, 1.82) is 0 Å². The molecular formula is C28H36Cl2N4O. The lowest BCUT2D eigenvalue weighted by molar-refractivity contribution is -0.116. The number of halogens is 2. The van der Waals surface area contributed by atoms with Crippen LogP contribution in [0.25, 0.3) is 0 Å². The number of anilines is 1. The van der Waals surface area contributed by atoms with Crippen LogP contribution in [-0.2, 0) is 11.2 Å². The molecular weight excluding hydrogens is 479 g/mol. The van der Waals surface area contributed by atoms with E-state index in [-0.39, 0.29) is 5.91 Å². The Morgan fingerprint density at radius 2 is 1.71 bits per heavy atom. The van der Waals surface area contributed by atoms with Gasteiger partial charge in [-0.2, -0.15) is 0 Å². The first kappa shape index (κ1) is 26.0. The third-order valence-electron chi connectivity index (χ3n) is 7.01. The molecule has 5 nitrogen and oxygen atoms in total. The van der Waals surface area contributed by atoms with Crippen molar-refractivity contribution >= 4 is 46.3 Å². The van der Waals surface area contributed by atoms with E-state index in [0.717, 1.165) is 55.6 Å². The number of aliphatic imine (C=N–C) groups is 1. The lowest BCUT2D eigenvalue weighted by Gasteiger charge is -2.36. The van der Waals surface area contributed by atoms with Crippen molar-refractivity contribution in [3.8, 4) is 0 Å². The Bertz CT molecular complexity index is 1010. The maximum atomic E-state index is 12.5. The maximum Gasteiger partial charge on any atom is 0.224 e. The van der Waals surface area contributed by atoms with Crippen LogP contribution in [0.1, 0.15) is 51.0 Å². The molecule has 0 atom stereocenters. The summed E-state index contributed by atoms with van der Waals surface area (Å²) in [6.07, 6.45) is 7.28. The second-order valence-electron chi connectivity index (χ2n) is 9.87. The summed E-state index contributed by atoms with van der Waals surface area (Å²) in [6.45, 7) is 7.75. The second-order valence-corrected chi connectivity index (χ2v) is 10.7. The van der Waals surface area contributed by atoms with Crippen LogP contribution in [-0.4, -0.2) is 54.3 Å². The Kier molecular flexibility index (Phi) is 9.47. The summed E-state index contributed by atoms with van der Waals surface area (Å²) < 4.78 is 0. The van der Waals surface area contributed by atoms with Crippen molar-refractivity contribution in [2.75, 3.05) is 38.0 Å². The highest BCUT2D eigenvalue weighted by Crippen LogP contribution is 2.24. The number of amides is 1. The molecule has 4 rings (SSSR count). The van der Waals surface area contributed by atoms with Gasteiger partial charge in [0.15, 0.2) is 0 Å². The predicted octanol–water partition coefficient (Wildman–Crippen LogP) is 6.81. The lowest BCUT2D eigenvalue weighted by Crippen LogP contribution is -2.45. The zero-order valence-corrected chi connectivity index (χ0v) is 22.1. The standard InChI is InChI=1S/C28H36Cl2N4O/c1-21-13-17-34(18-14-21)27(20-33-15-3-2-4-16-33)31-24-8-10-25(11-9-24)32-28(35)12-6-22-5-7-23(29)19-26(22)30/h5,7-11,19,21H,2-4,6,12-18,20H2,1H3,(H,32,35). The number of benzene rings is 2. The molecule has 0 unspecified atom stereocenters. The van der Waals surface area contributed by atoms with Gasteiger partial charge in [-0.1, -0.05) is 42.6 Å². The highest BCUT2D eigenvalue weighted by molar-refractivity contribution is 6.35. The topological polar surface area (TPSA) is 47.9 Å². The summed E-state index contributed by atoms with van der Waals surface area (Å²) >= 11 is 12.2. The number of carbonyl (C=O) groups is 1. The highest BCUT2D eigenvalue weighted by atomic mass is 35.5. The van der Waals surface area contributed by atoms with Crippen LogP contribution in [0.2, 0.25) is 10.0 Å². The quantitative estimate of drug-likeness (QED) is 0.326. The minimum absolute atomic E-state index is 0.0412. The van der Waals surface area contributed by atoms with Crippen molar-refractivity contribution in [3.63, 3.8) is 0 Å². The van der Waals surface area contributed by atoms with Gasteiger partial charge in [0.05, 0.1) is 12.2 Å². The first-order valence-corrected chi connectivity index (χ1v) is 13.6. The third-order valence-corrected chi connectivity index (χ3v) is 7.60. The maximum absolute atomic E-state index is 12.5. The number of piperidine rings is 2. The average Bonchev–Trinajstić information content (AvgIpc) is 2.85. The Balaban J connectivity index is 1.37. The van der Waals surface area contributed by atoms with Gasteiger partial charge in [0, 0.05) is 35.2 Å². The van der Waals surface area contributed by atoms with E-state index in [1.165, 1.54) is 37.9 Å². The van der Waals surface area contributed by atoms with Gasteiger partial charge in [-0.25, -0.2) is 4.99 Å². The SMILES string of the molecule is CC1CCN(C(CN2CCCCC2)=Nc2ccc(NC(=O)CCc3ccc(Cl)cc3Cl)cc2)CC1. The Morgan fingerprint density at radius 1 is 1.00 bits per heavy atom. The Morgan fingerprint density at radius 3 is 2.40 bits per heavy atom. The fraction of sp³-hybridized carbons (Fsp3) is 0.500. The Labute approximate surface area is 219 Å². The number of likely N-dealkylation sites (tertiary alicyclic amines) is 2. The molecule has 0 bridgehead atoms. The number of hydrogen-bond donors (Lipinski definition) is 1. The fourth-order valence-corrected chi connectivity index (χ4v) is 5.26. The molecule has 2 aromatic carbocycles. The molecule has 0 saturated carbocycles. The molecule has 1 amide bonds. The van der Waals surface area contributed by atoms with E-state index in [2.05, 4.69) is 22.0 Å². The minimum Gasteiger partial charge on any atom is -0.359 e. The van der Waals surface area contributed by atoms with Crippen molar-refractivity contribution in [3.05, 3.63) is 58.1 Å². The zero-order valence-electron chi connectivity index (χ0n) is 20.6. The monoisotopic (exact) mass is 514 g/mol. The number of aryl methyl sites for hydroxylation is 1. The fourth-order valence-electron chi connectivity index (χ4n) is 4.75. The zero-order chi connectivity index (χ0) is 24.6. The van der Waals surface area contributed by atoms with Crippen LogP contribution in [0, 0.1) is 5.92 Å². The van der Waals surface area contributed by atoms with Crippen LogP contribution < -0.4 is 5.32 Å². The van der Waals surface area contributed by atoms with Crippen molar-refractivity contribution in [1.82, 2.24) is 9.80 Å². The van der Waals surface area contributed by atoms with E-state index in [1.54, 1.807) is 12.1 Å². The Hall–Kier alpha value is -2.08.